The number of halogens is 1. The Morgan fingerprint density at radius 3 is 2.70 bits per heavy atom. The van der Waals surface area contributed by atoms with Crippen LogP contribution in [0.3, 0.4) is 0 Å². The van der Waals surface area contributed by atoms with Crippen LogP contribution in [-0.2, 0) is 4.79 Å². The van der Waals surface area contributed by atoms with Gasteiger partial charge in [0.25, 0.3) is 0 Å². The van der Waals surface area contributed by atoms with E-state index in [-0.39, 0.29) is 5.91 Å². The second-order valence-corrected chi connectivity index (χ2v) is 7.51. The average Bonchev–Trinajstić information content (AvgIpc) is 3.03. The van der Waals surface area contributed by atoms with Gasteiger partial charge >= 0.3 is 0 Å². The number of rotatable bonds is 5. The van der Waals surface area contributed by atoms with Gasteiger partial charge in [0.05, 0.1) is 0 Å². The first-order valence-corrected chi connectivity index (χ1v) is 8.75. The van der Waals surface area contributed by atoms with Crippen LogP contribution in [0.4, 0.5) is 0 Å². The molecule has 0 spiro atoms. The minimum atomic E-state index is 0.212. The van der Waals surface area contributed by atoms with Crippen LogP contribution in [0.25, 0.3) is 0 Å². The third-order valence-electron chi connectivity index (χ3n) is 4.50. The van der Waals surface area contributed by atoms with Crippen LogP contribution in [0.15, 0.2) is 29.2 Å². The molecule has 3 atom stereocenters. The van der Waals surface area contributed by atoms with Crippen LogP contribution in [-0.4, -0.2) is 17.7 Å². The van der Waals surface area contributed by atoms with Crippen molar-refractivity contribution >= 4 is 29.3 Å². The van der Waals surface area contributed by atoms with Gasteiger partial charge in [-0.15, -0.1) is 11.8 Å². The van der Waals surface area contributed by atoms with Crippen molar-refractivity contribution in [1.29, 1.82) is 0 Å². The zero-order chi connectivity index (χ0) is 13.9. The molecule has 2 aliphatic rings. The fraction of sp³-hybridized carbons (Fsp3) is 0.562. The Morgan fingerprint density at radius 2 is 2.05 bits per heavy atom. The van der Waals surface area contributed by atoms with Crippen molar-refractivity contribution in [2.24, 2.45) is 11.8 Å². The maximum atomic E-state index is 12.0. The van der Waals surface area contributed by atoms with E-state index in [1.54, 1.807) is 11.8 Å². The molecule has 20 heavy (non-hydrogen) atoms. The molecular weight excluding hydrogens is 290 g/mol. The molecule has 4 heteroatoms. The first-order chi connectivity index (χ1) is 9.70. The number of thioether (sulfide) groups is 1. The minimum absolute atomic E-state index is 0.212. The van der Waals surface area contributed by atoms with Gasteiger partial charge in [-0.25, -0.2) is 0 Å². The molecule has 1 amide bonds. The van der Waals surface area contributed by atoms with E-state index >= 15 is 0 Å². The first kappa shape index (κ1) is 14.3. The molecule has 1 aromatic rings. The zero-order valence-electron chi connectivity index (χ0n) is 11.5. The number of carbonyl (C=O) groups is 1. The Bertz CT molecular complexity index is 476. The minimum Gasteiger partial charge on any atom is -0.353 e. The molecule has 2 saturated carbocycles. The Kier molecular flexibility index (Phi) is 4.57. The van der Waals surface area contributed by atoms with Crippen molar-refractivity contribution in [3.05, 3.63) is 29.3 Å². The van der Waals surface area contributed by atoms with Crippen LogP contribution in [0, 0.1) is 11.8 Å². The standard InChI is InChI=1S/C16H20ClNOS/c17-13-3-5-14(6-4-13)20-8-7-16(19)18-15-10-11-1-2-12(15)9-11/h3-6,11-12,15H,1-2,7-10H2,(H,18,19)/t11-,12-,15+/m1/s1. The van der Waals surface area contributed by atoms with Crippen LogP contribution >= 0.6 is 23.4 Å². The second-order valence-electron chi connectivity index (χ2n) is 5.90. The number of amides is 1. The highest BCUT2D eigenvalue weighted by molar-refractivity contribution is 7.99. The molecular formula is C16H20ClNOS. The lowest BCUT2D eigenvalue weighted by Gasteiger charge is -2.22. The molecule has 2 fully saturated rings. The predicted octanol–water partition coefficient (Wildman–Crippen LogP) is 4.13. The smallest absolute Gasteiger partial charge is 0.221 e. The van der Waals surface area contributed by atoms with Crippen molar-refractivity contribution in [1.82, 2.24) is 5.32 Å². The van der Waals surface area contributed by atoms with Crippen molar-refractivity contribution < 1.29 is 4.79 Å². The highest BCUT2D eigenvalue weighted by atomic mass is 35.5. The predicted molar refractivity (Wildman–Crippen MR) is 84.2 cm³/mol. The normalized spacial score (nSPS) is 27.8. The summed E-state index contributed by atoms with van der Waals surface area (Å²) in [5, 5.41) is 3.99. The molecule has 2 bridgehead atoms. The molecule has 1 N–H and O–H groups in total. The lowest BCUT2D eigenvalue weighted by molar-refractivity contribution is -0.121. The summed E-state index contributed by atoms with van der Waals surface area (Å²) in [5.41, 5.74) is 0. The largest absolute Gasteiger partial charge is 0.353 e. The van der Waals surface area contributed by atoms with E-state index in [4.69, 9.17) is 11.6 Å². The molecule has 3 rings (SSSR count). The molecule has 0 saturated heterocycles. The third-order valence-corrected chi connectivity index (χ3v) is 5.76. The van der Waals surface area contributed by atoms with E-state index in [1.807, 2.05) is 24.3 Å². The van der Waals surface area contributed by atoms with E-state index < -0.39 is 0 Å². The summed E-state index contributed by atoms with van der Waals surface area (Å²) in [4.78, 5) is 13.1. The van der Waals surface area contributed by atoms with Gasteiger partial charge in [0.15, 0.2) is 0 Å². The number of benzene rings is 1. The number of fused-ring (bicyclic) bond motifs is 2. The molecule has 2 aliphatic carbocycles. The summed E-state index contributed by atoms with van der Waals surface area (Å²) >= 11 is 7.56. The molecule has 1 aromatic carbocycles. The van der Waals surface area contributed by atoms with Gasteiger partial charge in [0, 0.05) is 28.1 Å². The molecule has 0 aromatic heterocycles. The van der Waals surface area contributed by atoms with E-state index in [0.717, 1.165) is 22.6 Å². The highest BCUT2D eigenvalue weighted by Crippen LogP contribution is 2.44. The Balaban J connectivity index is 1.38. The fourth-order valence-corrected chi connectivity index (χ4v) is 4.47. The van der Waals surface area contributed by atoms with Gasteiger partial charge in [-0.3, -0.25) is 4.79 Å². The molecule has 0 unspecified atom stereocenters. The van der Waals surface area contributed by atoms with E-state index in [2.05, 4.69) is 5.32 Å². The van der Waals surface area contributed by atoms with Crippen LogP contribution in [0.1, 0.15) is 32.1 Å². The number of nitrogens with one attached hydrogen (secondary N) is 1. The van der Waals surface area contributed by atoms with E-state index in [0.29, 0.717) is 12.5 Å². The van der Waals surface area contributed by atoms with Crippen molar-refractivity contribution in [3.8, 4) is 0 Å². The van der Waals surface area contributed by atoms with Gasteiger partial charge in [-0.1, -0.05) is 18.0 Å². The number of hydrogen-bond donors (Lipinski definition) is 1. The van der Waals surface area contributed by atoms with Crippen LogP contribution < -0.4 is 5.32 Å². The quantitative estimate of drug-likeness (QED) is 0.829. The molecule has 2 nitrogen and oxygen atoms in total. The van der Waals surface area contributed by atoms with Gasteiger partial charge in [0.1, 0.15) is 0 Å². The van der Waals surface area contributed by atoms with Crippen molar-refractivity contribution in [2.75, 3.05) is 5.75 Å². The lowest BCUT2D eigenvalue weighted by Crippen LogP contribution is -2.38. The number of carbonyl (C=O) groups excluding carboxylic acids is 1. The molecule has 108 valence electrons. The maximum Gasteiger partial charge on any atom is 0.221 e. The third kappa shape index (κ3) is 3.50. The van der Waals surface area contributed by atoms with Gasteiger partial charge < -0.3 is 5.32 Å². The topological polar surface area (TPSA) is 29.1 Å². The Hall–Kier alpha value is -0.670. The van der Waals surface area contributed by atoms with Crippen molar-refractivity contribution in [2.45, 2.75) is 43.0 Å². The second kappa shape index (κ2) is 6.40. The van der Waals surface area contributed by atoms with Gasteiger partial charge in [0.2, 0.25) is 5.91 Å². The first-order valence-electron chi connectivity index (χ1n) is 7.38. The summed E-state index contributed by atoms with van der Waals surface area (Å²) in [7, 11) is 0. The molecule has 0 radical (unpaired) electrons. The monoisotopic (exact) mass is 309 g/mol. The van der Waals surface area contributed by atoms with Crippen LogP contribution in [0.2, 0.25) is 5.02 Å². The zero-order valence-corrected chi connectivity index (χ0v) is 13.1. The average molecular weight is 310 g/mol. The maximum absolute atomic E-state index is 12.0. The van der Waals surface area contributed by atoms with E-state index in [9.17, 15) is 4.79 Å². The molecule has 0 heterocycles. The van der Waals surface area contributed by atoms with E-state index in [1.165, 1.54) is 30.6 Å². The summed E-state index contributed by atoms with van der Waals surface area (Å²) < 4.78 is 0. The summed E-state index contributed by atoms with van der Waals surface area (Å²) in [6.45, 7) is 0. The van der Waals surface area contributed by atoms with Gasteiger partial charge in [-0.2, -0.15) is 0 Å². The summed E-state index contributed by atoms with van der Waals surface area (Å²) in [5.74, 6) is 2.68. The number of hydrogen-bond acceptors (Lipinski definition) is 2. The fourth-order valence-electron chi connectivity index (χ4n) is 3.49. The summed E-state index contributed by atoms with van der Waals surface area (Å²) in [6, 6.07) is 8.24. The summed E-state index contributed by atoms with van der Waals surface area (Å²) in [6.07, 6.45) is 5.84. The van der Waals surface area contributed by atoms with Gasteiger partial charge in [-0.05, 0) is 55.4 Å². The molecule has 0 aliphatic heterocycles. The SMILES string of the molecule is O=C(CCSc1ccc(Cl)cc1)N[C@H]1C[C@@H]2CC[C@@H]1C2. The highest BCUT2D eigenvalue weighted by Gasteiger charge is 2.39. The Morgan fingerprint density at radius 1 is 1.25 bits per heavy atom. The lowest BCUT2D eigenvalue weighted by atomic mass is 9.95. The van der Waals surface area contributed by atoms with Crippen molar-refractivity contribution in [3.63, 3.8) is 0 Å². The van der Waals surface area contributed by atoms with Crippen LogP contribution in [0.5, 0.6) is 0 Å². The Labute approximate surface area is 129 Å².